The lowest BCUT2D eigenvalue weighted by molar-refractivity contribution is 0.231. The third-order valence-corrected chi connectivity index (χ3v) is 4.59. The van der Waals surface area contributed by atoms with Crippen LogP contribution in [-0.4, -0.2) is 31.1 Å². The second-order valence-corrected chi connectivity index (χ2v) is 6.23. The van der Waals surface area contributed by atoms with Crippen LogP contribution in [-0.2, 0) is 6.54 Å². The Kier molecular flexibility index (Phi) is 4.34. The molecule has 0 atom stereocenters. The summed E-state index contributed by atoms with van der Waals surface area (Å²) in [6.07, 6.45) is 0. The van der Waals surface area contributed by atoms with E-state index in [1.54, 1.807) is 0 Å². The van der Waals surface area contributed by atoms with E-state index in [1.165, 1.54) is 5.69 Å². The van der Waals surface area contributed by atoms with Crippen molar-refractivity contribution in [3.05, 3.63) is 78.6 Å². The van der Waals surface area contributed by atoms with E-state index in [0.29, 0.717) is 0 Å². The highest BCUT2D eigenvalue weighted by Gasteiger charge is 2.18. The summed E-state index contributed by atoms with van der Waals surface area (Å²) in [5, 5.41) is 0. The summed E-state index contributed by atoms with van der Waals surface area (Å²) in [4.78, 5) is 4.92. The van der Waals surface area contributed by atoms with Crippen LogP contribution < -0.4 is 4.90 Å². The number of furan rings is 1. The molecule has 1 fully saturated rings. The molecule has 3 heteroatoms. The molecule has 0 spiro atoms. The number of rotatable bonds is 4. The fraction of sp³-hybridized carbons (Fsp3) is 0.238. The molecule has 0 amide bonds. The van der Waals surface area contributed by atoms with E-state index in [4.69, 9.17) is 4.42 Å². The minimum atomic E-state index is 0.884. The van der Waals surface area contributed by atoms with E-state index in [1.807, 2.05) is 18.2 Å². The Morgan fingerprint density at radius 1 is 0.708 bits per heavy atom. The predicted molar refractivity (Wildman–Crippen MR) is 98.1 cm³/mol. The number of anilines is 1. The van der Waals surface area contributed by atoms with Crippen LogP contribution in [0.3, 0.4) is 0 Å². The molecule has 1 saturated heterocycles. The van der Waals surface area contributed by atoms with Crippen molar-refractivity contribution in [1.29, 1.82) is 0 Å². The molecule has 122 valence electrons. The van der Waals surface area contributed by atoms with Crippen molar-refractivity contribution in [2.75, 3.05) is 31.1 Å². The molecule has 1 aromatic heterocycles. The van der Waals surface area contributed by atoms with Gasteiger partial charge in [0.25, 0.3) is 0 Å². The topological polar surface area (TPSA) is 19.6 Å². The Labute approximate surface area is 143 Å². The fourth-order valence-corrected chi connectivity index (χ4v) is 3.24. The molecule has 1 aliphatic rings. The van der Waals surface area contributed by atoms with Crippen LogP contribution in [0.25, 0.3) is 11.3 Å². The van der Waals surface area contributed by atoms with Crippen molar-refractivity contribution in [3.8, 4) is 11.3 Å². The normalized spacial score (nSPS) is 15.6. The molecule has 24 heavy (non-hydrogen) atoms. The molecule has 3 nitrogen and oxygen atoms in total. The average Bonchev–Trinajstić information content (AvgIpc) is 3.12. The molecule has 2 aromatic carbocycles. The second-order valence-electron chi connectivity index (χ2n) is 6.23. The van der Waals surface area contributed by atoms with Crippen molar-refractivity contribution >= 4 is 5.69 Å². The molecule has 0 aliphatic carbocycles. The van der Waals surface area contributed by atoms with Gasteiger partial charge in [-0.3, -0.25) is 4.90 Å². The molecule has 4 rings (SSSR count). The lowest BCUT2D eigenvalue weighted by atomic mass is 10.2. The van der Waals surface area contributed by atoms with Crippen LogP contribution in [0.2, 0.25) is 0 Å². The minimum Gasteiger partial charge on any atom is -0.460 e. The highest BCUT2D eigenvalue weighted by molar-refractivity contribution is 5.57. The first-order valence-electron chi connectivity index (χ1n) is 8.55. The summed E-state index contributed by atoms with van der Waals surface area (Å²) in [7, 11) is 0. The van der Waals surface area contributed by atoms with E-state index in [2.05, 4.69) is 64.4 Å². The maximum absolute atomic E-state index is 6.03. The molecule has 2 heterocycles. The molecule has 0 bridgehead atoms. The SMILES string of the molecule is c1ccc(-c2ccc(CN3CCN(c4ccccc4)CC3)o2)cc1. The third kappa shape index (κ3) is 3.36. The third-order valence-electron chi connectivity index (χ3n) is 4.59. The van der Waals surface area contributed by atoms with Crippen molar-refractivity contribution < 1.29 is 4.42 Å². The van der Waals surface area contributed by atoms with Crippen LogP contribution in [0.4, 0.5) is 5.69 Å². The first-order chi connectivity index (χ1) is 11.9. The Morgan fingerprint density at radius 2 is 1.38 bits per heavy atom. The predicted octanol–water partition coefficient (Wildman–Crippen LogP) is 4.27. The Morgan fingerprint density at radius 3 is 2.08 bits per heavy atom. The standard InChI is InChI=1S/C21H22N2O/c1-3-7-18(8-4-1)21-12-11-20(24-21)17-22-13-15-23(16-14-22)19-9-5-2-6-10-19/h1-12H,13-17H2. The fourth-order valence-electron chi connectivity index (χ4n) is 3.24. The number of nitrogens with zero attached hydrogens (tertiary/aromatic N) is 2. The highest BCUT2D eigenvalue weighted by atomic mass is 16.3. The Hall–Kier alpha value is -2.52. The van der Waals surface area contributed by atoms with Gasteiger partial charge in [-0.25, -0.2) is 0 Å². The van der Waals surface area contributed by atoms with Gasteiger partial charge < -0.3 is 9.32 Å². The molecule has 0 radical (unpaired) electrons. The van der Waals surface area contributed by atoms with E-state index in [0.717, 1.165) is 49.8 Å². The minimum absolute atomic E-state index is 0.884. The number of para-hydroxylation sites is 1. The molecular weight excluding hydrogens is 296 g/mol. The van der Waals surface area contributed by atoms with Crippen LogP contribution in [0.15, 0.2) is 77.2 Å². The summed E-state index contributed by atoms with van der Waals surface area (Å²) in [5.41, 5.74) is 2.46. The second kappa shape index (κ2) is 6.93. The van der Waals surface area contributed by atoms with E-state index >= 15 is 0 Å². The molecule has 1 aliphatic heterocycles. The van der Waals surface area contributed by atoms with Gasteiger partial charge in [0.1, 0.15) is 11.5 Å². The number of benzene rings is 2. The van der Waals surface area contributed by atoms with Crippen LogP contribution in [0, 0.1) is 0 Å². The summed E-state index contributed by atoms with van der Waals surface area (Å²) in [6.45, 7) is 5.15. The zero-order valence-corrected chi connectivity index (χ0v) is 13.8. The van der Waals surface area contributed by atoms with Gasteiger partial charge in [0.15, 0.2) is 0 Å². The summed E-state index contributed by atoms with van der Waals surface area (Å²) in [5.74, 6) is 2.00. The van der Waals surface area contributed by atoms with Crippen molar-refractivity contribution in [2.24, 2.45) is 0 Å². The Balaban J connectivity index is 1.35. The highest BCUT2D eigenvalue weighted by Crippen LogP contribution is 2.23. The maximum atomic E-state index is 6.03. The van der Waals surface area contributed by atoms with E-state index in [9.17, 15) is 0 Å². The van der Waals surface area contributed by atoms with E-state index in [-0.39, 0.29) is 0 Å². The van der Waals surface area contributed by atoms with Gasteiger partial charge in [0, 0.05) is 37.4 Å². The molecular formula is C21H22N2O. The Bertz CT molecular complexity index is 759. The molecule has 0 N–H and O–H groups in total. The molecule has 3 aromatic rings. The number of hydrogen-bond acceptors (Lipinski definition) is 3. The first kappa shape index (κ1) is 15.0. The molecule has 0 unspecified atom stereocenters. The zero-order valence-electron chi connectivity index (χ0n) is 13.8. The zero-order chi connectivity index (χ0) is 16.2. The number of hydrogen-bond donors (Lipinski definition) is 0. The first-order valence-corrected chi connectivity index (χ1v) is 8.55. The summed E-state index contributed by atoms with van der Waals surface area (Å²) in [6, 6.07) is 25.1. The monoisotopic (exact) mass is 318 g/mol. The lowest BCUT2D eigenvalue weighted by Gasteiger charge is -2.35. The smallest absolute Gasteiger partial charge is 0.134 e. The van der Waals surface area contributed by atoms with Gasteiger partial charge in [0.2, 0.25) is 0 Å². The van der Waals surface area contributed by atoms with Gasteiger partial charge in [-0.1, -0.05) is 48.5 Å². The van der Waals surface area contributed by atoms with Crippen molar-refractivity contribution in [1.82, 2.24) is 4.90 Å². The average molecular weight is 318 g/mol. The lowest BCUT2D eigenvalue weighted by Crippen LogP contribution is -2.45. The summed E-state index contributed by atoms with van der Waals surface area (Å²) < 4.78 is 6.03. The van der Waals surface area contributed by atoms with Gasteiger partial charge in [-0.15, -0.1) is 0 Å². The van der Waals surface area contributed by atoms with Gasteiger partial charge in [-0.2, -0.15) is 0 Å². The molecule has 0 saturated carbocycles. The van der Waals surface area contributed by atoms with Gasteiger partial charge >= 0.3 is 0 Å². The van der Waals surface area contributed by atoms with Crippen LogP contribution in [0.1, 0.15) is 5.76 Å². The van der Waals surface area contributed by atoms with Gasteiger partial charge in [-0.05, 0) is 24.3 Å². The number of piperazine rings is 1. The van der Waals surface area contributed by atoms with Gasteiger partial charge in [0.05, 0.1) is 6.54 Å². The maximum Gasteiger partial charge on any atom is 0.134 e. The largest absolute Gasteiger partial charge is 0.460 e. The van der Waals surface area contributed by atoms with Crippen LogP contribution in [0.5, 0.6) is 0 Å². The van der Waals surface area contributed by atoms with E-state index < -0.39 is 0 Å². The summed E-state index contributed by atoms with van der Waals surface area (Å²) >= 11 is 0. The van der Waals surface area contributed by atoms with Crippen molar-refractivity contribution in [3.63, 3.8) is 0 Å². The van der Waals surface area contributed by atoms with Crippen molar-refractivity contribution in [2.45, 2.75) is 6.54 Å². The quantitative estimate of drug-likeness (QED) is 0.716. The van der Waals surface area contributed by atoms with Crippen LogP contribution >= 0.6 is 0 Å².